The minimum Gasteiger partial charge on any atom is -0.396 e. The second-order valence-electron chi connectivity index (χ2n) is 7.04. The minimum atomic E-state index is -1.18. The maximum atomic E-state index is 9.39. The Morgan fingerprint density at radius 2 is 2.05 bits per heavy atom. The zero-order valence-corrected chi connectivity index (χ0v) is 14.8. The van der Waals surface area contributed by atoms with Gasteiger partial charge in [-0.1, -0.05) is 63.3 Å². The Morgan fingerprint density at radius 1 is 1.30 bits per heavy atom. The quantitative estimate of drug-likeness (QED) is 0.501. The molecule has 0 saturated carbocycles. The average Bonchev–Trinajstić information content (AvgIpc) is 2.38. The lowest BCUT2D eigenvalue weighted by Crippen LogP contribution is -2.19. The van der Waals surface area contributed by atoms with Crippen molar-refractivity contribution in [2.45, 2.75) is 65.1 Å². The first kappa shape index (κ1) is 17.4. The summed E-state index contributed by atoms with van der Waals surface area (Å²) in [6.07, 6.45) is 14.2. The van der Waals surface area contributed by atoms with Gasteiger partial charge in [-0.3, -0.25) is 0 Å². The van der Waals surface area contributed by atoms with E-state index in [0.29, 0.717) is 5.92 Å². The van der Waals surface area contributed by atoms with Crippen molar-refractivity contribution in [1.82, 2.24) is 0 Å². The Bertz CT molecular complexity index is 371. The van der Waals surface area contributed by atoms with E-state index in [9.17, 15) is 5.11 Å². The van der Waals surface area contributed by atoms with Gasteiger partial charge in [0.2, 0.25) is 0 Å². The lowest BCUT2D eigenvalue weighted by Gasteiger charge is -2.23. The molecule has 0 fully saturated rings. The van der Waals surface area contributed by atoms with Gasteiger partial charge in [0, 0.05) is 12.5 Å². The van der Waals surface area contributed by atoms with Crippen molar-refractivity contribution in [1.29, 1.82) is 0 Å². The molecule has 20 heavy (non-hydrogen) atoms. The van der Waals surface area contributed by atoms with E-state index in [1.807, 2.05) is 0 Å². The van der Waals surface area contributed by atoms with Crippen molar-refractivity contribution in [2.75, 3.05) is 6.61 Å². The van der Waals surface area contributed by atoms with Crippen LogP contribution in [0.25, 0.3) is 0 Å². The molecule has 0 saturated heterocycles. The molecule has 1 N–H and O–H groups in total. The second-order valence-corrected chi connectivity index (χ2v) is 12.1. The lowest BCUT2D eigenvalue weighted by molar-refractivity contribution is 0.244. The number of hydrogen-bond donors (Lipinski definition) is 1. The van der Waals surface area contributed by atoms with E-state index in [0.717, 1.165) is 12.8 Å². The summed E-state index contributed by atoms with van der Waals surface area (Å²) in [4.78, 5) is 0. The maximum Gasteiger partial charge on any atom is 0.0690 e. The topological polar surface area (TPSA) is 20.2 Å². The molecular weight excluding hydrogens is 260 g/mol. The Kier molecular flexibility index (Phi) is 7.53. The molecule has 0 aromatic carbocycles. The summed E-state index contributed by atoms with van der Waals surface area (Å²) in [6.45, 7) is 9.70. The Balaban J connectivity index is 2.77. The van der Waals surface area contributed by atoms with Crippen LogP contribution in [0.3, 0.4) is 0 Å². The number of aliphatic hydroxyl groups is 1. The van der Waals surface area contributed by atoms with Gasteiger partial charge in [0.05, 0.1) is 8.07 Å². The zero-order valence-electron chi connectivity index (χ0n) is 13.8. The van der Waals surface area contributed by atoms with Crippen LogP contribution in [0, 0.1) is 5.92 Å². The number of allylic oxidation sites excluding steroid dienone is 4. The highest BCUT2D eigenvalue weighted by Crippen LogP contribution is 2.30. The molecule has 0 aromatic rings. The van der Waals surface area contributed by atoms with Gasteiger partial charge in [-0.05, 0) is 36.8 Å². The number of unbranched alkanes of at least 4 members (excludes halogenated alkanes) is 3. The molecule has 114 valence electrons. The van der Waals surface area contributed by atoms with E-state index in [1.54, 1.807) is 0 Å². The molecule has 0 amide bonds. The molecule has 1 atom stereocenters. The van der Waals surface area contributed by atoms with Gasteiger partial charge in [0.15, 0.2) is 0 Å². The van der Waals surface area contributed by atoms with Gasteiger partial charge in [-0.15, -0.1) is 0 Å². The predicted molar refractivity (Wildman–Crippen MR) is 92.6 cm³/mol. The second kappa shape index (κ2) is 8.63. The summed E-state index contributed by atoms with van der Waals surface area (Å²) in [6, 6.07) is 0. The van der Waals surface area contributed by atoms with Crippen LogP contribution in [0.4, 0.5) is 0 Å². The van der Waals surface area contributed by atoms with Crippen molar-refractivity contribution in [3.05, 3.63) is 35.1 Å². The van der Waals surface area contributed by atoms with Gasteiger partial charge in [0.25, 0.3) is 0 Å². The molecule has 2 heteroatoms. The van der Waals surface area contributed by atoms with Crippen LogP contribution in [0.5, 0.6) is 0 Å². The highest BCUT2D eigenvalue weighted by molar-refractivity contribution is 6.81. The molecule has 1 nitrogen and oxygen atoms in total. The molecule has 1 rings (SSSR count). The van der Waals surface area contributed by atoms with Gasteiger partial charge in [0.1, 0.15) is 0 Å². The van der Waals surface area contributed by atoms with Crippen molar-refractivity contribution < 1.29 is 5.11 Å². The predicted octanol–water partition coefficient (Wildman–Crippen LogP) is 5.26. The van der Waals surface area contributed by atoms with E-state index >= 15 is 0 Å². The van der Waals surface area contributed by atoms with Crippen LogP contribution in [0.1, 0.15) is 45.4 Å². The normalized spacial score (nSPS) is 22.6. The van der Waals surface area contributed by atoms with Crippen LogP contribution in [0.2, 0.25) is 19.6 Å². The molecular formula is C18H32OSi. The molecule has 0 bridgehead atoms. The van der Waals surface area contributed by atoms with Gasteiger partial charge < -0.3 is 5.11 Å². The van der Waals surface area contributed by atoms with Gasteiger partial charge in [-0.25, -0.2) is 0 Å². The van der Waals surface area contributed by atoms with Crippen LogP contribution in [-0.2, 0) is 0 Å². The van der Waals surface area contributed by atoms with Crippen LogP contribution >= 0.6 is 0 Å². The van der Waals surface area contributed by atoms with Gasteiger partial charge in [-0.2, -0.15) is 0 Å². The van der Waals surface area contributed by atoms with E-state index in [-0.39, 0.29) is 6.61 Å². The first-order chi connectivity index (χ1) is 9.46. The third kappa shape index (κ3) is 6.71. The SMILES string of the molecule is CCCCC/C=C/C1=CC(CO)CC/C1=C/[Si](C)(C)C. The monoisotopic (exact) mass is 292 g/mol. The van der Waals surface area contributed by atoms with Crippen LogP contribution in [-0.4, -0.2) is 19.8 Å². The van der Waals surface area contributed by atoms with Gasteiger partial charge >= 0.3 is 0 Å². The fourth-order valence-corrected chi connectivity index (χ4v) is 3.99. The summed E-state index contributed by atoms with van der Waals surface area (Å²) < 4.78 is 0. The van der Waals surface area contributed by atoms with E-state index in [4.69, 9.17) is 0 Å². The van der Waals surface area contributed by atoms with E-state index in [1.165, 1.54) is 36.8 Å². The molecule has 1 aliphatic rings. The summed E-state index contributed by atoms with van der Waals surface area (Å²) in [5.41, 5.74) is 5.41. The highest BCUT2D eigenvalue weighted by atomic mass is 28.3. The largest absolute Gasteiger partial charge is 0.396 e. The molecule has 0 aliphatic heterocycles. The lowest BCUT2D eigenvalue weighted by atomic mass is 9.87. The third-order valence-corrected chi connectivity index (χ3v) is 4.90. The van der Waals surface area contributed by atoms with Crippen molar-refractivity contribution in [3.8, 4) is 0 Å². The molecule has 0 spiro atoms. The summed E-state index contributed by atoms with van der Waals surface area (Å²) >= 11 is 0. The van der Waals surface area contributed by atoms with Crippen molar-refractivity contribution in [2.24, 2.45) is 5.92 Å². The van der Waals surface area contributed by atoms with Crippen molar-refractivity contribution >= 4 is 8.07 Å². The first-order valence-corrected chi connectivity index (χ1v) is 11.8. The van der Waals surface area contributed by atoms with Crippen molar-refractivity contribution in [3.63, 3.8) is 0 Å². The highest BCUT2D eigenvalue weighted by Gasteiger charge is 2.18. The molecule has 1 unspecified atom stereocenters. The molecule has 1 aliphatic carbocycles. The Labute approximate surface area is 126 Å². The fraction of sp³-hybridized carbons (Fsp3) is 0.667. The molecule has 0 aromatic heterocycles. The van der Waals surface area contributed by atoms with E-state index < -0.39 is 8.07 Å². The molecule has 0 heterocycles. The standard InChI is InChI=1S/C18H32OSi/c1-5-6-7-8-9-10-17-13-16(14-19)11-12-18(17)15-20(2,3)4/h9-10,13,15-16,19H,5-8,11-12,14H2,1-4H3/b10-9+,18-15-. The van der Waals surface area contributed by atoms with E-state index in [2.05, 4.69) is 50.5 Å². The Morgan fingerprint density at radius 3 is 2.65 bits per heavy atom. The fourth-order valence-electron chi connectivity index (χ4n) is 2.64. The van der Waals surface area contributed by atoms with Crippen LogP contribution in [0.15, 0.2) is 35.1 Å². The number of rotatable bonds is 7. The smallest absolute Gasteiger partial charge is 0.0690 e. The number of aliphatic hydroxyl groups excluding tert-OH is 1. The minimum absolute atomic E-state index is 0.285. The summed E-state index contributed by atoms with van der Waals surface area (Å²) in [5.74, 6) is 0.351. The third-order valence-electron chi connectivity index (χ3n) is 3.68. The number of hydrogen-bond acceptors (Lipinski definition) is 1. The average molecular weight is 293 g/mol. The zero-order chi connectivity index (χ0) is 15.0. The summed E-state index contributed by atoms with van der Waals surface area (Å²) in [7, 11) is -1.18. The Hall–Kier alpha value is -0.603. The summed E-state index contributed by atoms with van der Waals surface area (Å²) in [5, 5.41) is 9.39. The van der Waals surface area contributed by atoms with Crippen LogP contribution < -0.4 is 0 Å². The maximum absolute atomic E-state index is 9.39. The first-order valence-electron chi connectivity index (χ1n) is 8.17. The molecule has 0 radical (unpaired) electrons.